The Morgan fingerprint density at radius 1 is 1.45 bits per heavy atom. The number of amides is 3. The standard InChI is InChI=1S/C7H12N2O2/c1-3-4-7(2)5(10)8-6(11)9-7/h3-4H2,1-2H3,(H2,8,9,10,11)/t7-/m1/s1. The summed E-state index contributed by atoms with van der Waals surface area (Å²) in [4.78, 5) is 21.8. The van der Waals surface area contributed by atoms with Crippen LogP contribution in [-0.4, -0.2) is 17.5 Å². The third-order valence-electron chi connectivity index (χ3n) is 1.87. The van der Waals surface area contributed by atoms with Gasteiger partial charge in [-0.25, -0.2) is 4.79 Å². The number of nitrogens with one attached hydrogen (secondary N) is 2. The summed E-state index contributed by atoms with van der Waals surface area (Å²) >= 11 is 0. The third-order valence-corrected chi connectivity index (χ3v) is 1.87. The summed E-state index contributed by atoms with van der Waals surface area (Å²) in [6, 6.07) is -0.383. The maximum absolute atomic E-state index is 11.1. The SMILES string of the molecule is CCC[C@@]1(C)NC(=O)NC1=O. The van der Waals surface area contributed by atoms with Crippen LogP contribution in [0.25, 0.3) is 0 Å². The lowest BCUT2D eigenvalue weighted by atomic mass is 9.97. The molecule has 3 amide bonds. The number of carbonyl (C=O) groups excluding carboxylic acids is 2. The topological polar surface area (TPSA) is 58.2 Å². The van der Waals surface area contributed by atoms with Gasteiger partial charge in [-0.3, -0.25) is 10.1 Å². The molecule has 0 unspecified atom stereocenters. The Hall–Kier alpha value is -1.06. The highest BCUT2D eigenvalue weighted by atomic mass is 16.2. The minimum atomic E-state index is -0.675. The van der Waals surface area contributed by atoms with Gasteiger partial charge in [-0.2, -0.15) is 0 Å². The maximum Gasteiger partial charge on any atom is 0.322 e. The molecule has 1 rings (SSSR count). The van der Waals surface area contributed by atoms with Crippen molar-refractivity contribution in [3.8, 4) is 0 Å². The van der Waals surface area contributed by atoms with E-state index in [9.17, 15) is 9.59 Å². The summed E-state index contributed by atoms with van der Waals surface area (Å²) in [6.07, 6.45) is 1.56. The fourth-order valence-electron chi connectivity index (χ4n) is 1.26. The van der Waals surface area contributed by atoms with E-state index in [2.05, 4.69) is 10.6 Å². The minimum absolute atomic E-state index is 0.218. The molecule has 4 nitrogen and oxygen atoms in total. The predicted octanol–water partition coefficient (Wildman–Crippen LogP) is 0.385. The first-order valence-corrected chi connectivity index (χ1v) is 3.72. The van der Waals surface area contributed by atoms with Crippen molar-refractivity contribution in [1.82, 2.24) is 10.6 Å². The van der Waals surface area contributed by atoms with E-state index in [0.717, 1.165) is 6.42 Å². The molecule has 4 heteroatoms. The van der Waals surface area contributed by atoms with Crippen LogP contribution in [0, 0.1) is 0 Å². The van der Waals surface area contributed by atoms with E-state index in [1.807, 2.05) is 6.92 Å². The van der Waals surface area contributed by atoms with Gasteiger partial charge >= 0.3 is 6.03 Å². The summed E-state index contributed by atoms with van der Waals surface area (Å²) in [5, 5.41) is 4.78. The van der Waals surface area contributed by atoms with Gasteiger partial charge in [0.15, 0.2) is 0 Å². The summed E-state index contributed by atoms with van der Waals surface area (Å²) < 4.78 is 0. The number of rotatable bonds is 2. The van der Waals surface area contributed by atoms with Gasteiger partial charge in [-0.05, 0) is 13.3 Å². The van der Waals surface area contributed by atoms with Crippen molar-refractivity contribution in [1.29, 1.82) is 0 Å². The first kappa shape index (κ1) is 8.04. The molecule has 0 saturated carbocycles. The molecule has 0 aromatic carbocycles. The first-order valence-electron chi connectivity index (χ1n) is 3.72. The van der Waals surface area contributed by atoms with Gasteiger partial charge in [-0.15, -0.1) is 0 Å². The van der Waals surface area contributed by atoms with Crippen LogP contribution in [-0.2, 0) is 4.79 Å². The fraction of sp³-hybridized carbons (Fsp3) is 0.714. The van der Waals surface area contributed by atoms with Crippen molar-refractivity contribution in [3.63, 3.8) is 0 Å². The average Bonchev–Trinajstić information content (AvgIpc) is 2.08. The van der Waals surface area contributed by atoms with Crippen molar-refractivity contribution in [2.75, 3.05) is 0 Å². The molecule has 1 heterocycles. The number of hydrogen-bond donors (Lipinski definition) is 2. The van der Waals surface area contributed by atoms with Crippen molar-refractivity contribution in [3.05, 3.63) is 0 Å². The summed E-state index contributed by atoms with van der Waals surface area (Å²) in [5.41, 5.74) is -0.675. The molecule has 0 radical (unpaired) electrons. The normalized spacial score (nSPS) is 30.0. The Morgan fingerprint density at radius 2 is 2.09 bits per heavy atom. The molecule has 62 valence electrons. The number of hydrogen-bond acceptors (Lipinski definition) is 2. The molecule has 11 heavy (non-hydrogen) atoms. The molecule has 0 spiro atoms. The molecular formula is C7H12N2O2. The lowest BCUT2D eigenvalue weighted by molar-refractivity contribution is -0.123. The van der Waals surface area contributed by atoms with Gasteiger partial charge in [0, 0.05) is 0 Å². The zero-order valence-electron chi connectivity index (χ0n) is 6.73. The molecule has 1 fully saturated rings. The van der Waals surface area contributed by atoms with Crippen LogP contribution in [0.1, 0.15) is 26.7 Å². The summed E-state index contributed by atoms with van der Waals surface area (Å²) in [6.45, 7) is 3.71. The second-order valence-electron chi connectivity index (χ2n) is 2.99. The van der Waals surface area contributed by atoms with E-state index < -0.39 is 5.54 Å². The fourth-order valence-corrected chi connectivity index (χ4v) is 1.26. The summed E-state index contributed by atoms with van der Waals surface area (Å²) in [7, 11) is 0. The van der Waals surface area contributed by atoms with Crippen LogP contribution >= 0.6 is 0 Å². The van der Waals surface area contributed by atoms with Crippen molar-refractivity contribution in [2.45, 2.75) is 32.2 Å². The van der Waals surface area contributed by atoms with Crippen LogP contribution in [0.5, 0.6) is 0 Å². The largest absolute Gasteiger partial charge is 0.324 e. The second-order valence-corrected chi connectivity index (χ2v) is 2.99. The highest BCUT2D eigenvalue weighted by molar-refractivity contribution is 6.06. The van der Waals surface area contributed by atoms with E-state index in [-0.39, 0.29) is 11.9 Å². The monoisotopic (exact) mass is 156 g/mol. The predicted molar refractivity (Wildman–Crippen MR) is 40.0 cm³/mol. The average molecular weight is 156 g/mol. The second kappa shape index (κ2) is 2.53. The van der Waals surface area contributed by atoms with E-state index in [1.54, 1.807) is 6.92 Å². The Balaban J connectivity index is 2.70. The van der Waals surface area contributed by atoms with E-state index >= 15 is 0 Å². The van der Waals surface area contributed by atoms with Gasteiger partial charge in [0.1, 0.15) is 5.54 Å². The molecule has 1 atom stereocenters. The highest BCUT2D eigenvalue weighted by Gasteiger charge is 2.40. The van der Waals surface area contributed by atoms with Gasteiger partial charge < -0.3 is 5.32 Å². The quantitative estimate of drug-likeness (QED) is 0.568. The van der Waals surface area contributed by atoms with Crippen LogP contribution in [0.3, 0.4) is 0 Å². The maximum atomic E-state index is 11.1. The molecule has 0 aromatic heterocycles. The lowest BCUT2D eigenvalue weighted by Gasteiger charge is -2.18. The van der Waals surface area contributed by atoms with Gasteiger partial charge in [0.25, 0.3) is 5.91 Å². The van der Waals surface area contributed by atoms with Crippen LogP contribution in [0.15, 0.2) is 0 Å². The molecule has 1 saturated heterocycles. The first-order chi connectivity index (χ1) is 5.08. The highest BCUT2D eigenvalue weighted by Crippen LogP contribution is 2.15. The van der Waals surface area contributed by atoms with E-state index in [0.29, 0.717) is 6.42 Å². The molecule has 0 aliphatic carbocycles. The lowest BCUT2D eigenvalue weighted by Crippen LogP contribution is -2.43. The van der Waals surface area contributed by atoms with E-state index in [1.165, 1.54) is 0 Å². The van der Waals surface area contributed by atoms with Crippen LogP contribution in [0.2, 0.25) is 0 Å². The zero-order valence-corrected chi connectivity index (χ0v) is 6.73. The van der Waals surface area contributed by atoms with Crippen molar-refractivity contribution >= 4 is 11.9 Å². The smallest absolute Gasteiger partial charge is 0.322 e. The summed E-state index contributed by atoms with van der Waals surface area (Å²) in [5.74, 6) is -0.218. The molecule has 1 aliphatic heterocycles. The number of carbonyl (C=O) groups is 2. The Kier molecular flexibility index (Phi) is 1.85. The number of imide groups is 1. The van der Waals surface area contributed by atoms with E-state index in [4.69, 9.17) is 0 Å². The third kappa shape index (κ3) is 1.34. The Labute approximate surface area is 65.3 Å². The zero-order chi connectivity index (χ0) is 8.48. The van der Waals surface area contributed by atoms with Gasteiger partial charge in [-0.1, -0.05) is 13.3 Å². The molecule has 1 aliphatic rings. The Morgan fingerprint density at radius 3 is 2.45 bits per heavy atom. The molecule has 0 aromatic rings. The van der Waals surface area contributed by atoms with Crippen molar-refractivity contribution in [2.24, 2.45) is 0 Å². The molecular weight excluding hydrogens is 144 g/mol. The van der Waals surface area contributed by atoms with Gasteiger partial charge in [0.2, 0.25) is 0 Å². The van der Waals surface area contributed by atoms with Crippen molar-refractivity contribution < 1.29 is 9.59 Å². The molecule has 2 N–H and O–H groups in total. The van der Waals surface area contributed by atoms with Crippen LogP contribution < -0.4 is 10.6 Å². The van der Waals surface area contributed by atoms with Crippen LogP contribution in [0.4, 0.5) is 4.79 Å². The minimum Gasteiger partial charge on any atom is -0.324 e. The molecule has 0 bridgehead atoms. The van der Waals surface area contributed by atoms with Gasteiger partial charge in [0.05, 0.1) is 0 Å². The number of urea groups is 1. The Bertz CT molecular complexity index is 203.